The number of imidazole rings is 1. The van der Waals surface area contributed by atoms with Gasteiger partial charge in [0.15, 0.2) is 0 Å². The number of benzene rings is 2. The Morgan fingerprint density at radius 2 is 1.83 bits per heavy atom. The number of para-hydroxylation sites is 2. The molecular formula is C19H19N3O. The Hall–Kier alpha value is -2.62. The van der Waals surface area contributed by atoms with Crippen molar-refractivity contribution in [1.29, 1.82) is 0 Å². The topological polar surface area (TPSA) is 46.9 Å². The standard InChI is InChI=1S/C19H19N3O/c23-19(20-15-10-11-15)13-22-17-9-5-4-8-16(17)21-18(22)12-14-6-2-1-3-7-14/h1-9,15H,10-13H2,(H,20,23). The van der Waals surface area contributed by atoms with Crippen molar-refractivity contribution in [1.82, 2.24) is 14.9 Å². The lowest BCUT2D eigenvalue weighted by molar-refractivity contribution is -0.121. The molecule has 2 aromatic carbocycles. The molecule has 1 N–H and O–H groups in total. The van der Waals surface area contributed by atoms with E-state index in [9.17, 15) is 4.79 Å². The van der Waals surface area contributed by atoms with Crippen LogP contribution in [0, 0.1) is 0 Å². The van der Waals surface area contributed by atoms with Crippen molar-refractivity contribution in [2.24, 2.45) is 0 Å². The Morgan fingerprint density at radius 3 is 2.61 bits per heavy atom. The van der Waals surface area contributed by atoms with E-state index >= 15 is 0 Å². The van der Waals surface area contributed by atoms with Gasteiger partial charge in [0.1, 0.15) is 12.4 Å². The van der Waals surface area contributed by atoms with Gasteiger partial charge < -0.3 is 9.88 Å². The van der Waals surface area contributed by atoms with Crippen LogP contribution >= 0.6 is 0 Å². The van der Waals surface area contributed by atoms with Gasteiger partial charge >= 0.3 is 0 Å². The SMILES string of the molecule is O=C(Cn1c(Cc2ccccc2)nc2ccccc21)NC1CC1. The third-order valence-electron chi connectivity index (χ3n) is 4.18. The molecule has 116 valence electrons. The number of hydrogen-bond donors (Lipinski definition) is 1. The molecule has 0 bridgehead atoms. The lowest BCUT2D eigenvalue weighted by Gasteiger charge is -2.09. The molecule has 0 spiro atoms. The van der Waals surface area contributed by atoms with E-state index in [1.54, 1.807) is 0 Å². The van der Waals surface area contributed by atoms with Crippen LogP contribution in [0.25, 0.3) is 11.0 Å². The monoisotopic (exact) mass is 305 g/mol. The van der Waals surface area contributed by atoms with Crippen LogP contribution in [0.5, 0.6) is 0 Å². The first-order valence-corrected chi connectivity index (χ1v) is 8.07. The maximum atomic E-state index is 12.2. The summed E-state index contributed by atoms with van der Waals surface area (Å²) in [6.07, 6.45) is 2.94. The number of aromatic nitrogens is 2. The highest BCUT2D eigenvalue weighted by Crippen LogP contribution is 2.20. The Labute approximate surface area is 135 Å². The van der Waals surface area contributed by atoms with Crippen LogP contribution < -0.4 is 5.32 Å². The van der Waals surface area contributed by atoms with Crippen molar-refractivity contribution in [3.8, 4) is 0 Å². The van der Waals surface area contributed by atoms with E-state index in [1.165, 1.54) is 5.56 Å². The fraction of sp³-hybridized carbons (Fsp3) is 0.263. The van der Waals surface area contributed by atoms with Gasteiger partial charge in [-0.05, 0) is 30.5 Å². The highest BCUT2D eigenvalue weighted by molar-refractivity contribution is 5.81. The highest BCUT2D eigenvalue weighted by Gasteiger charge is 2.24. The Bertz CT molecular complexity index is 834. The maximum Gasteiger partial charge on any atom is 0.240 e. The van der Waals surface area contributed by atoms with E-state index in [0.717, 1.165) is 36.1 Å². The number of carbonyl (C=O) groups is 1. The molecule has 1 aliphatic rings. The number of amides is 1. The van der Waals surface area contributed by atoms with Crippen LogP contribution in [0.1, 0.15) is 24.2 Å². The van der Waals surface area contributed by atoms with E-state index in [-0.39, 0.29) is 5.91 Å². The molecule has 0 radical (unpaired) electrons. The summed E-state index contributed by atoms with van der Waals surface area (Å²) in [6, 6.07) is 18.6. The van der Waals surface area contributed by atoms with Gasteiger partial charge in [0, 0.05) is 12.5 Å². The highest BCUT2D eigenvalue weighted by atomic mass is 16.2. The Morgan fingerprint density at radius 1 is 1.09 bits per heavy atom. The van der Waals surface area contributed by atoms with Gasteiger partial charge in [-0.1, -0.05) is 42.5 Å². The molecule has 1 fully saturated rings. The minimum absolute atomic E-state index is 0.0740. The molecule has 0 saturated heterocycles. The normalized spacial score (nSPS) is 14.1. The van der Waals surface area contributed by atoms with Gasteiger partial charge in [-0.25, -0.2) is 4.98 Å². The third kappa shape index (κ3) is 3.11. The molecule has 4 nitrogen and oxygen atoms in total. The van der Waals surface area contributed by atoms with E-state index in [1.807, 2.05) is 47.0 Å². The summed E-state index contributed by atoms with van der Waals surface area (Å²) in [5, 5.41) is 3.06. The van der Waals surface area contributed by atoms with E-state index in [4.69, 9.17) is 4.98 Å². The first-order valence-electron chi connectivity index (χ1n) is 8.07. The van der Waals surface area contributed by atoms with Crippen LogP contribution in [0.2, 0.25) is 0 Å². The van der Waals surface area contributed by atoms with Crippen LogP contribution in [0.3, 0.4) is 0 Å². The van der Waals surface area contributed by atoms with Crippen molar-refractivity contribution in [3.63, 3.8) is 0 Å². The van der Waals surface area contributed by atoms with Gasteiger partial charge in [-0.3, -0.25) is 4.79 Å². The molecule has 4 heteroatoms. The first kappa shape index (κ1) is 14.0. The predicted molar refractivity (Wildman–Crippen MR) is 90.1 cm³/mol. The molecule has 23 heavy (non-hydrogen) atoms. The number of fused-ring (bicyclic) bond motifs is 1. The minimum atomic E-state index is 0.0740. The van der Waals surface area contributed by atoms with Crippen LogP contribution in [0.15, 0.2) is 54.6 Å². The fourth-order valence-electron chi connectivity index (χ4n) is 2.86. The summed E-state index contributed by atoms with van der Waals surface area (Å²) in [7, 11) is 0. The number of nitrogens with zero attached hydrogens (tertiary/aromatic N) is 2. The smallest absolute Gasteiger partial charge is 0.240 e. The lowest BCUT2D eigenvalue weighted by Crippen LogP contribution is -2.29. The summed E-state index contributed by atoms with van der Waals surface area (Å²) in [6.45, 7) is 0.333. The van der Waals surface area contributed by atoms with Crippen molar-refractivity contribution < 1.29 is 4.79 Å². The second-order valence-electron chi connectivity index (χ2n) is 6.11. The van der Waals surface area contributed by atoms with Crippen LogP contribution in [-0.2, 0) is 17.8 Å². The van der Waals surface area contributed by atoms with Gasteiger partial charge in [0.05, 0.1) is 11.0 Å². The quantitative estimate of drug-likeness (QED) is 0.788. The molecule has 1 aromatic heterocycles. The average molecular weight is 305 g/mol. The lowest BCUT2D eigenvalue weighted by atomic mass is 10.1. The molecule has 1 aliphatic carbocycles. The summed E-state index contributed by atoms with van der Waals surface area (Å²) >= 11 is 0. The zero-order chi connectivity index (χ0) is 15.6. The molecule has 1 saturated carbocycles. The minimum Gasteiger partial charge on any atom is -0.352 e. The molecule has 0 unspecified atom stereocenters. The second-order valence-corrected chi connectivity index (χ2v) is 6.11. The van der Waals surface area contributed by atoms with Crippen molar-refractivity contribution in [2.75, 3.05) is 0 Å². The Kier molecular flexibility index (Phi) is 3.58. The van der Waals surface area contributed by atoms with Crippen molar-refractivity contribution in [3.05, 3.63) is 66.0 Å². The number of nitrogens with one attached hydrogen (secondary N) is 1. The summed E-state index contributed by atoms with van der Waals surface area (Å²) < 4.78 is 2.04. The van der Waals surface area contributed by atoms with Crippen LogP contribution in [-0.4, -0.2) is 21.5 Å². The Balaban J connectivity index is 1.67. The number of carbonyl (C=O) groups excluding carboxylic acids is 1. The average Bonchev–Trinajstić information content (AvgIpc) is 3.31. The largest absolute Gasteiger partial charge is 0.352 e. The third-order valence-corrected chi connectivity index (χ3v) is 4.18. The van der Waals surface area contributed by atoms with Crippen LogP contribution in [0.4, 0.5) is 0 Å². The molecule has 1 heterocycles. The molecular weight excluding hydrogens is 286 g/mol. The first-order chi connectivity index (χ1) is 11.3. The van der Waals surface area contributed by atoms with E-state index in [2.05, 4.69) is 17.4 Å². The fourth-order valence-corrected chi connectivity index (χ4v) is 2.86. The van der Waals surface area contributed by atoms with Crippen molar-refractivity contribution in [2.45, 2.75) is 31.8 Å². The predicted octanol–water partition coefficient (Wildman–Crippen LogP) is 2.91. The molecule has 0 aliphatic heterocycles. The summed E-state index contributed by atoms with van der Waals surface area (Å²) in [4.78, 5) is 17.0. The van der Waals surface area contributed by atoms with Gasteiger partial charge in [-0.2, -0.15) is 0 Å². The summed E-state index contributed by atoms with van der Waals surface area (Å²) in [5.74, 6) is 1.01. The molecule has 4 rings (SSSR count). The second kappa shape index (κ2) is 5.88. The van der Waals surface area contributed by atoms with Crippen molar-refractivity contribution >= 4 is 16.9 Å². The van der Waals surface area contributed by atoms with E-state index in [0.29, 0.717) is 12.6 Å². The maximum absolute atomic E-state index is 12.2. The molecule has 1 amide bonds. The number of hydrogen-bond acceptors (Lipinski definition) is 2. The van der Waals surface area contributed by atoms with Gasteiger partial charge in [0.25, 0.3) is 0 Å². The zero-order valence-corrected chi connectivity index (χ0v) is 12.9. The summed E-state index contributed by atoms with van der Waals surface area (Å²) in [5.41, 5.74) is 3.16. The van der Waals surface area contributed by atoms with Gasteiger partial charge in [-0.15, -0.1) is 0 Å². The molecule has 0 atom stereocenters. The van der Waals surface area contributed by atoms with Gasteiger partial charge in [0.2, 0.25) is 5.91 Å². The van der Waals surface area contributed by atoms with E-state index < -0.39 is 0 Å². The molecule has 3 aromatic rings. The zero-order valence-electron chi connectivity index (χ0n) is 12.9. The number of rotatable bonds is 5.